The van der Waals surface area contributed by atoms with Crippen LogP contribution in [0.5, 0.6) is 0 Å². The average Bonchev–Trinajstić information content (AvgIpc) is 3.83. The van der Waals surface area contributed by atoms with Gasteiger partial charge >= 0.3 is 0 Å². The van der Waals surface area contributed by atoms with Crippen molar-refractivity contribution in [3.8, 4) is 33.4 Å². The summed E-state index contributed by atoms with van der Waals surface area (Å²) in [6, 6.07) is 73.4. The maximum atomic E-state index is 2.45. The van der Waals surface area contributed by atoms with Crippen molar-refractivity contribution in [3.63, 3.8) is 0 Å². The van der Waals surface area contributed by atoms with Gasteiger partial charge in [0, 0.05) is 47.0 Å². The molecule has 0 aliphatic rings. The van der Waals surface area contributed by atoms with E-state index < -0.39 is 0 Å². The van der Waals surface area contributed by atoms with Gasteiger partial charge < -0.3 is 4.90 Å². The number of anilines is 3. The first-order valence-corrected chi connectivity index (χ1v) is 20.3. The fourth-order valence-corrected chi connectivity index (χ4v) is 10.5. The first-order valence-electron chi connectivity index (χ1n) is 18.7. The molecule has 0 atom stereocenters. The van der Waals surface area contributed by atoms with Gasteiger partial charge in [0.25, 0.3) is 0 Å². The smallest absolute Gasteiger partial charge is 0.0640 e. The van der Waals surface area contributed by atoms with Gasteiger partial charge in [0.15, 0.2) is 0 Å². The van der Waals surface area contributed by atoms with Crippen molar-refractivity contribution in [2.45, 2.75) is 0 Å². The highest BCUT2D eigenvalue weighted by Gasteiger charge is 2.21. The Morgan fingerprint density at radius 3 is 1.69 bits per heavy atom. The molecule has 0 N–H and O–H groups in total. The molecular formula is C52H33NS2. The van der Waals surface area contributed by atoms with Crippen molar-refractivity contribution in [1.82, 2.24) is 0 Å². The minimum atomic E-state index is 1.12. The van der Waals surface area contributed by atoms with Crippen LogP contribution in [0.4, 0.5) is 17.1 Å². The van der Waals surface area contributed by atoms with E-state index in [0.717, 1.165) is 11.4 Å². The lowest BCUT2D eigenvalue weighted by molar-refractivity contribution is 1.31. The maximum absolute atomic E-state index is 2.45. The van der Waals surface area contributed by atoms with Crippen LogP contribution < -0.4 is 4.90 Å². The number of thiophene rings is 2. The molecule has 0 saturated heterocycles. The molecule has 0 unspecified atom stereocenters. The predicted molar refractivity (Wildman–Crippen MR) is 241 cm³/mol. The zero-order valence-corrected chi connectivity index (χ0v) is 31.4. The van der Waals surface area contributed by atoms with E-state index >= 15 is 0 Å². The highest BCUT2D eigenvalue weighted by Crippen LogP contribution is 2.49. The van der Waals surface area contributed by atoms with E-state index in [1.54, 1.807) is 0 Å². The molecule has 0 bridgehead atoms. The lowest BCUT2D eigenvalue weighted by Crippen LogP contribution is -2.10. The molecule has 2 aromatic heterocycles. The zero-order chi connectivity index (χ0) is 36.3. The number of rotatable bonds is 6. The Hall–Kier alpha value is -6.52. The number of hydrogen-bond acceptors (Lipinski definition) is 3. The molecule has 0 fully saturated rings. The summed E-state index contributed by atoms with van der Waals surface area (Å²) in [7, 11) is 0. The minimum absolute atomic E-state index is 1.12. The molecule has 9 aromatic carbocycles. The van der Waals surface area contributed by atoms with Crippen LogP contribution in [0.3, 0.4) is 0 Å². The third kappa shape index (κ3) is 5.51. The molecule has 11 rings (SSSR count). The van der Waals surface area contributed by atoms with E-state index in [1.165, 1.54) is 90.2 Å². The Morgan fingerprint density at radius 1 is 0.327 bits per heavy atom. The fourth-order valence-electron chi connectivity index (χ4n) is 8.17. The molecule has 0 aliphatic heterocycles. The van der Waals surface area contributed by atoms with Crippen molar-refractivity contribution in [3.05, 3.63) is 200 Å². The summed E-state index contributed by atoms with van der Waals surface area (Å²) in [6.07, 6.45) is 0. The summed E-state index contributed by atoms with van der Waals surface area (Å²) in [6.45, 7) is 0. The maximum Gasteiger partial charge on any atom is 0.0640 e. The van der Waals surface area contributed by atoms with Gasteiger partial charge in [-0.05, 0) is 98.8 Å². The van der Waals surface area contributed by atoms with Crippen molar-refractivity contribution in [2.24, 2.45) is 0 Å². The molecule has 1 nitrogen and oxygen atoms in total. The van der Waals surface area contributed by atoms with Crippen LogP contribution in [-0.2, 0) is 0 Å². The summed E-state index contributed by atoms with van der Waals surface area (Å²) in [5.74, 6) is 0. The van der Waals surface area contributed by atoms with Crippen LogP contribution in [0, 0.1) is 0 Å². The molecule has 0 amide bonds. The Labute approximate surface area is 327 Å². The van der Waals surface area contributed by atoms with E-state index in [1.807, 2.05) is 22.7 Å². The first-order chi connectivity index (χ1) is 27.2. The second kappa shape index (κ2) is 13.1. The monoisotopic (exact) mass is 735 g/mol. The average molecular weight is 736 g/mol. The first kappa shape index (κ1) is 32.0. The summed E-state index contributed by atoms with van der Waals surface area (Å²) < 4.78 is 5.22. The lowest BCUT2D eigenvalue weighted by atomic mass is 9.97. The number of fused-ring (bicyclic) bond motifs is 7. The Kier molecular flexibility index (Phi) is 7.61. The third-order valence-electron chi connectivity index (χ3n) is 10.9. The van der Waals surface area contributed by atoms with Crippen molar-refractivity contribution >= 4 is 90.9 Å². The largest absolute Gasteiger partial charge is 0.309 e. The van der Waals surface area contributed by atoms with Gasteiger partial charge in [0.1, 0.15) is 0 Å². The molecule has 3 heteroatoms. The Bertz CT molecular complexity index is 3190. The van der Waals surface area contributed by atoms with E-state index in [4.69, 9.17) is 0 Å². The van der Waals surface area contributed by atoms with E-state index in [2.05, 4.69) is 205 Å². The van der Waals surface area contributed by atoms with Crippen LogP contribution in [0.1, 0.15) is 0 Å². The summed E-state index contributed by atoms with van der Waals surface area (Å²) >= 11 is 3.75. The molecule has 258 valence electrons. The summed E-state index contributed by atoms with van der Waals surface area (Å²) in [5, 5.41) is 7.69. The van der Waals surface area contributed by atoms with Crippen LogP contribution >= 0.6 is 22.7 Å². The second-order valence-electron chi connectivity index (χ2n) is 14.1. The molecule has 11 aromatic rings. The van der Waals surface area contributed by atoms with Crippen LogP contribution in [0.2, 0.25) is 0 Å². The summed E-state index contributed by atoms with van der Waals surface area (Å²) in [4.78, 5) is 2.45. The van der Waals surface area contributed by atoms with Crippen LogP contribution in [0.25, 0.3) is 84.5 Å². The highest BCUT2D eigenvalue weighted by atomic mass is 32.1. The Morgan fingerprint density at radius 2 is 0.891 bits per heavy atom. The normalized spacial score (nSPS) is 11.6. The van der Waals surface area contributed by atoms with E-state index in [-0.39, 0.29) is 0 Å². The molecule has 0 saturated carbocycles. The van der Waals surface area contributed by atoms with Crippen molar-refractivity contribution in [1.29, 1.82) is 0 Å². The van der Waals surface area contributed by atoms with Gasteiger partial charge in [-0.25, -0.2) is 0 Å². The minimum Gasteiger partial charge on any atom is -0.309 e. The summed E-state index contributed by atoms with van der Waals surface area (Å²) in [5.41, 5.74) is 10.8. The highest BCUT2D eigenvalue weighted by molar-refractivity contribution is 7.26. The van der Waals surface area contributed by atoms with Crippen LogP contribution in [0.15, 0.2) is 200 Å². The van der Waals surface area contributed by atoms with Gasteiger partial charge in [-0.15, -0.1) is 22.7 Å². The second-order valence-corrected chi connectivity index (χ2v) is 16.2. The SMILES string of the molecule is c1ccc(-c2ccc3cc(N(c4ccc(-c5ccc6c(c5)sc5ccccc56)cc4)c4ccc(-c5ccccc5)c5c4sc4ccccc45)ccc3c2)cc1. The molecule has 2 heterocycles. The van der Waals surface area contributed by atoms with Crippen molar-refractivity contribution in [2.75, 3.05) is 4.90 Å². The number of nitrogens with zero attached hydrogens (tertiary/aromatic N) is 1. The molecule has 0 spiro atoms. The fraction of sp³-hybridized carbons (Fsp3) is 0. The Balaban J connectivity index is 1.08. The number of hydrogen-bond donors (Lipinski definition) is 0. The van der Waals surface area contributed by atoms with Gasteiger partial charge in [0.05, 0.1) is 10.4 Å². The van der Waals surface area contributed by atoms with Gasteiger partial charge in [-0.1, -0.05) is 146 Å². The van der Waals surface area contributed by atoms with Gasteiger partial charge in [-0.2, -0.15) is 0 Å². The van der Waals surface area contributed by atoms with E-state index in [9.17, 15) is 0 Å². The quantitative estimate of drug-likeness (QED) is 0.164. The molecule has 0 radical (unpaired) electrons. The number of benzene rings is 9. The molecular weight excluding hydrogens is 703 g/mol. The topological polar surface area (TPSA) is 3.24 Å². The molecule has 55 heavy (non-hydrogen) atoms. The van der Waals surface area contributed by atoms with Gasteiger partial charge in [-0.3, -0.25) is 0 Å². The van der Waals surface area contributed by atoms with E-state index in [0.29, 0.717) is 0 Å². The lowest BCUT2D eigenvalue weighted by Gasteiger charge is -2.27. The standard InChI is InChI=1S/C52H33NS2/c1-3-11-34(12-4-1)37-19-20-39-32-42(27-23-38(39)31-37)53(41-25-21-35(22-26-41)40-24-28-45-44-15-7-9-17-48(44)54-50(45)33-40)47-30-29-43(36-13-5-2-6-14-36)51-46-16-8-10-18-49(46)55-52(47)51/h1-33H. The van der Waals surface area contributed by atoms with Crippen molar-refractivity contribution < 1.29 is 0 Å². The zero-order valence-electron chi connectivity index (χ0n) is 29.8. The van der Waals surface area contributed by atoms with Crippen LogP contribution in [-0.4, -0.2) is 0 Å². The van der Waals surface area contributed by atoms with Gasteiger partial charge in [0.2, 0.25) is 0 Å². The predicted octanol–water partition coefficient (Wildman–Crippen LogP) is 16.0. The third-order valence-corrected chi connectivity index (χ3v) is 13.2. The molecule has 0 aliphatic carbocycles.